The van der Waals surface area contributed by atoms with Crippen LogP contribution in [0.4, 0.5) is 5.82 Å². The van der Waals surface area contributed by atoms with Gasteiger partial charge in [-0.2, -0.15) is 0 Å². The Labute approximate surface area is 141 Å². The van der Waals surface area contributed by atoms with Crippen LogP contribution in [0.15, 0.2) is 40.9 Å². The van der Waals surface area contributed by atoms with Gasteiger partial charge in [0.1, 0.15) is 16.4 Å². The molecular formula is C16H15N3O2S2. The molecule has 0 aliphatic carbocycles. The molecule has 0 fully saturated rings. The predicted octanol–water partition coefficient (Wildman–Crippen LogP) is 3.65. The number of rotatable bonds is 5. The van der Waals surface area contributed by atoms with Crippen molar-refractivity contribution in [3.05, 3.63) is 41.3 Å². The van der Waals surface area contributed by atoms with E-state index in [0.29, 0.717) is 16.5 Å². The summed E-state index contributed by atoms with van der Waals surface area (Å²) in [5.74, 6) is 1.19. The molecule has 118 valence electrons. The average Bonchev–Trinajstić information content (AvgIpc) is 3.03. The number of Topliss-reactive ketones (excluding diaryl/α,β-unsaturated/α-hetero) is 1. The van der Waals surface area contributed by atoms with Gasteiger partial charge in [-0.25, -0.2) is 9.97 Å². The summed E-state index contributed by atoms with van der Waals surface area (Å²) in [5, 5.41) is 3.00. The SMILES string of the molecule is COc1ccc(C(=O)[C@H](C)Sc2nc(N)c3ccsc3n2)cc1. The lowest BCUT2D eigenvalue weighted by molar-refractivity contribution is 0.0994. The van der Waals surface area contributed by atoms with Crippen molar-refractivity contribution >= 4 is 44.9 Å². The van der Waals surface area contributed by atoms with Crippen LogP contribution in [-0.4, -0.2) is 28.1 Å². The molecule has 0 spiro atoms. The highest BCUT2D eigenvalue weighted by molar-refractivity contribution is 8.00. The Morgan fingerprint density at radius 2 is 2.00 bits per heavy atom. The zero-order valence-corrected chi connectivity index (χ0v) is 14.3. The minimum absolute atomic E-state index is 0.0195. The summed E-state index contributed by atoms with van der Waals surface area (Å²) in [6.07, 6.45) is 0. The van der Waals surface area contributed by atoms with Crippen LogP contribution in [0.2, 0.25) is 0 Å². The van der Waals surface area contributed by atoms with Gasteiger partial charge in [0.05, 0.1) is 17.7 Å². The molecule has 0 bridgehead atoms. The molecule has 0 unspecified atom stereocenters. The van der Waals surface area contributed by atoms with E-state index in [9.17, 15) is 4.79 Å². The van der Waals surface area contributed by atoms with Crippen molar-refractivity contribution in [3.8, 4) is 5.75 Å². The quantitative estimate of drug-likeness (QED) is 0.432. The summed E-state index contributed by atoms with van der Waals surface area (Å²) in [6.45, 7) is 1.84. The second-order valence-corrected chi connectivity index (χ2v) is 7.09. The molecule has 0 saturated heterocycles. The average molecular weight is 345 g/mol. The van der Waals surface area contributed by atoms with Crippen LogP contribution in [0.1, 0.15) is 17.3 Å². The molecule has 0 aliphatic rings. The van der Waals surface area contributed by atoms with Crippen molar-refractivity contribution in [2.75, 3.05) is 12.8 Å². The Kier molecular flexibility index (Phi) is 4.49. The first kappa shape index (κ1) is 15.8. The van der Waals surface area contributed by atoms with E-state index < -0.39 is 0 Å². The van der Waals surface area contributed by atoms with Gasteiger partial charge in [0.15, 0.2) is 10.9 Å². The zero-order valence-electron chi connectivity index (χ0n) is 12.6. The lowest BCUT2D eigenvalue weighted by Gasteiger charge is -2.10. The number of nitrogens with two attached hydrogens (primary N) is 1. The number of ketones is 1. The predicted molar refractivity (Wildman–Crippen MR) is 94.5 cm³/mol. The third kappa shape index (κ3) is 3.30. The maximum absolute atomic E-state index is 12.5. The third-order valence-electron chi connectivity index (χ3n) is 3.36. The minimum Gasteiger partial charge on any atom is -0.497 e. The van der Waals surface area contributed by atoms with E-state index in [1.54, 1.807) is 31.4 Å². The highest BCUT2D eigenvalue weighted by Crippen LogP contribution is 2.29. The van der Waals surface area contributed by atoms with Crippen LogP contribution in [0, 0.1) is 0 Å². The number of hydrogen-bond donors (Lipinski definition) is 1. The lowest BCUT2D eigenvalue weighted by atomic mass is 10.1. The van der Waals surface area contributed by atoms with E-state index in [1.165, 1.54) is 23.1 Å². The van der Waals surface area contributed by atoms with Gasteiger partial charge in [-0.15, -0.1) is 11.3 Å². The normalized spacial score (nSPS) is 12.3. The molecule has 0 amide bonds. The third-order valence-corrected chi connectivity index (χ3v) is 5.13. The molecule has 0 radical (unpaired) electrons. The molecule has 2 heterocycles. The second kappa shape index (κ2) is 6.55. The molecule has 1 aromatic carbocycles. The van der Waals surface area contributed by atoms with Gasteiger partial charge in [-0.1, -0.05) is 11.8 Å². The molecule has 23 heavy (non-hydrogen) atoms. The van der Waals surface area contributed by atoms with E-state index >= 15 is 0 Å². The maximum Gasteiger partial charge on any atom is 0.191 e. The van der Waals surface area contributed by atoms with Crippen LogP contribution in [0.25, 0.3) is 10.2 Å². The summed E-state index contributed by atoms with van der Waals surface area (Å²) < 4.78 is 5.10. The number of benzene rings is 1. The highest BCUT2D eigenvalue weighted by atomic mass is 32.2. The number of anilines is 1. The van der Waals surface area contributed by atoms with Gasteiger partial charge in [-0.3, -0.25) is 4.79 Å². The molecule has 3 rings (SSSR count). The number of carbonyl (C=O) groups excluding carboxylic acids is 1. The first-order valence-corrected chi connectivity index (χ1v) is 8.70. The number of carbonyl (C=O) groups is 1. The van der Waals surface area contributed by atoms with Crippen molar-refractivity contribution in [3.63, 3.8) is 0 Å². The summed E-state index contributed by atoms with van der Waals surface area (Å²) >= 11 is 2.82. The molecule has 5 nitrogen and oxygen atoms in total. The van der Waals surface area contributed by atoms with Crippen molar-refractivity contribution in [2.45, 2.75) is 17.3 Å². The number of thioether (sulfide) groups is 1. The summed E-state index contributed by atoms with van der Waals surface area (Å²) in [4.78, 5) is 22.1. The van der Waals surface area contributed by atoms with Crippen molar-refractivity contribution in [1.82, 2.24) is 9.97 Å². The van der Waals surface area contributed by atoms with E-state index in [0.717, 1.165) is 16.0 Å². The number of methoxy groups -OCH3 is 1. The Morgan fingerprint density at radius 1 is 1.26 bits per heavy atom. The van der Waals surface area contributed by atoms with Crippen molar-refractivity contribution in [1.29, 1.82) is 0 Å². The van der Waals surface area contributed by atoms with E-state index in [4.69, 9.17) is 10.5 Å². The van der Waals surface area contributed by atoms with Crippen LogP contribution in [-0.2, 0) is 0 Å². The maximum atomic E-state index is 12.5. The molecule has 7 heteroatoms. The molecule has 2 aromatic heterocycles. The Morgan fingerprint density at radius 3 is 2.70 bits per heavy atom. The fourth-order valence-corrected chi connectivity index (χ4v) is 3.80. The van der Waals surface area contributed by atoms with Crippen molar-refractivity contribution in [2.24, 2.45) is 0 Å². The van der Waals surface area contributed by atoms with Gasteiger partial charge >= 0.3 is 0 Å². The van der Waals surface area contributed by atoms with Crippen LogP contribution in [0.3, 0.4) is 0 Å². The Hall–Kier alpha value is -2.12. The standard InChI is InChI=1S/C16H15N3O2S2/c1-9(13(20)10-3-5-11(21-2)6-4-10)23-16-18-14(17)12-7-8-22-15(12)19-16/h3-9H,1-2H3,(H2,17,18,19)/t9-/m0/s1. The van der Waals surface area contributed by atoms with Gasteiger partial charge in [0.25, 0.3) is 0 Å². The number of thiophene rings is 1. The first-order valence-electron chi connectivity index (χ1n) is 6.94. The topological polar surface area (TPSA) is 78.1 Å². The second-order valence-electron chi connectivity index (χ2n) is 4.88. The number of nitrogen functional groups attached to an aromatic ring is 1. The smallest absolute Gasteiger partial charge is 0.191 e. The molecule has 1 atom stereocenters. The van der Waals surface area contributed by atoms with E-state index in [-0.39, 0.29) is 11.0 Å². The molecule has 0 aliphatic heterocycles. The number of nitrogens with zero attached hydrogens (tertiary/aromatic N) is 2. The van der Waals surface area contributed by atoms with Gasteiger partial charge in [0.2, 0.25) is 0 Å². The number of fused-ring (bicyclic) bond motifs is 1. The fourth-order valence-electron chi connectivity index (χ4n) is 2.11. The number of aromatic nitrogens is 2. The van der Waals surface area contributed by atoms with Gasteiger partial charge in [-0.05, 0) is 42.6 Å². The van der Waals surface area contributed by atoms with Crippen LogP contribution >= 0.6 is 23.1 Å². The zero-order chi connectivity index (χ0) is 16.4. The van der Waals surface area contributed by atoms with E-state index in [2.05, 4.69) is 9.97 Å². The van der Waals surface area contributed by atoms with Crippen LogP contribution < -0.4 is 10.5 Å². The first-order chi connectivity index (χ1) is 11.1. The Balaban J connectivity index is 1.78. The minimum atomic E-state index is -0.305. The Bertz CT molecular complexity index is 846. The molecule has 0 saturated carbocycles. The largest absolute Gasteiger partial charge is 0.497 e. The summed E-state index contributed by atoms with van der Waals surface area (Å²) in [5.41, 5.74) is 6.57. The highest BCUT2D eigenvalue weighted by Gasteiger charge is 2.19. The van der Waals surface area contributed by atoms with Gasteiger partial charge < -0.3 is 10.5 Å². The molecule has 3 aromatic rings. The van der Waals surface area contributed by atoms with Crippen molar-refractivity contribution < 1.29 is 9.53 Å². The number of hydrogen-bond acceptors (Lipinski definition) is 7. The lowest BCUT2D eigenvalue weighted by Crippen LogP contribution is -2.14. The number of ether oxygens (including phenoxy) is 1. The summed E-state index contributed by atoms with van der Waals surface area (Å²) in [7, 11) is 1.60. The molecular weight excluding hydrogens is 330 g/mol. The monoisotopic (exact) mass is 345 g/mol. The van der Waals surface area contributed by atoms with Gasteiger partial charge in [0, 0.05) is 5.56 Å². The van der Waals surface area contributed by atoms with E-state index in [1.807, 2.05) is 18.4 Å². The fraction of sp³-hybridized carbons (Fsp3) is 0.188. The summed E-state index contributed by atoms with van der Waals surface area (Å²) in [6, 6.07) is 8.97. The van der Waals surface area contributed by atoms with Crippen LogP contribution in [0.5, 0.6) is 5.75 Å². The molecule has 2 N–H and O–H groups in total.